The summed E-state index contributed by atoms with van der Waals surface area (Å²) in [7, 11) is 1.95. The number of piperidine rings is 2. The first-order valence-electron chi connectivity index (χ1n) is 8.34. The smallest absolute Gasteiger partial charge is 0.222 e. The highest BCUT2D eigenvalue weighted by Crippen LogP contribution is 2.31. The van der Waals surface area contributed by atoms with Gasteiger partial charge in [-0.3, -0.25) is 9.69 Å². The van der Waals surface area contributed by atoms with Crippen molar-refractivity contribution in [3.8, 4) is 0 Å². The normalized spacial score (nSPS) is 26.3. The highest BCUT2D eigenvalue weighted by atomic mass is 16.2. The lowest BCUT2D eigenvalue weighted by molar-refractivity contribution is -0.141. The number of carbonyl (C=O) groups excluding carboxylic acids is 1. The number of nitrogens with one attached hydrogen (secondary N) is 2. The van der Waals surface area contributed by atoms with Gasteiger partial charge < -0.3 is 15.2 Å². The maximum atomic E-state index is 12.2. The molecule has 2 aliphatic rings. The number of fused-ring (bicyclic) bond motifs is 1. The summed E-state index contributed by atoms with van der Waals surface area (Å²) in [6.45, 7) is 6.86. The number of imidazole rings is 1. The molecule has 1 amide bonds. The molecule has 6 heteroatoms. The van der Waals surface area contributed by atoms with Crippen LogP contribution in [0.1, 0.15) is 30.7 Å². The third-order valence-corrected chi connectivity index (χ3v) is 5.14. The minimum atomic E-state index is 0.341. The van der Waals surface area contributed by atoms with E-state index in [1.165, 1.54) is 0 Å². The average molecular weight is 305 g/mol. The van der Waals surface area contributed by atoms with E-state index < -0.39 is 0 Å². The zero-order chi connectivity index (χ0) is 15.5. The van der Waals surface area contributed by atoms with Gasteiger partial charge in [-0.15, -0.1) is 0 Å². The Balaban J connectivity index is 1.61. The number of likely N-dealkylation sites (tertiary alicyclic amines) is 2. The molecule has 122 valence electrons. The molecule has 6 nitrogen and oxygen atoms in total. The molecule has 0 aliphatic carbocycles. The van der Waals surface area contributed by atoms with Crippen molar-refractivity contribution < 1.29 is 4.79 Å². The van der Waals surface area contributed by atoms with Crippen LogP contribution in [0.3, 0.4) is 0 Å². The van der Waals surface area contributed by atoms with Crippen LogP contribution in [0.15, 0.2) is 6.33 Å². The fourth-order valence-electron chi connectivity index (χ4n) is 3.85. The molecule has 22 heavy (non-hydrogen) atoms. The third kappa shape index (κ3) is 3.17. The Labute approximate surface area is 132 Å². The van der Waals surface area contributed by atoms with Crippen molar-refractivity contribution in [1.82, 2.24) is 25.1 Å². The summed E-state index contributed by atoms with van der Waals surface area (Å²) in [6.07, 6.45) is 4.61. The lowest BCUT2D eigenvalue weighted by Gasteiger charge is -2.47. The van der Waals surface area contributed by atoms with Crippen LogP contribution in [-0.2, 0) is 11.3 Å². The van der Waals surface area contributed by atoms with Crippen molar-refractivity contribution in [2.24, 2.45) is 5.92 Å². The zero-order valence-corrected chi connectivity index (χ0v) is 13.6. The van der Waals surface area contributed by atoms with E-state index in [-0.39, 0.29) is 0 Å². The summed E-state index contributed by atoms with van der Waals surface area (Å²) >= 11 is 0. The number of rotatable bonds is 5. The minimum Gasteiger partial charge on any atom is -0.348 e. The molecule has 3 heterocycles. The van der Waals surface area contributed by atoms with Crippen molar-refractivity contribution in [3.63, 3.8) is 0 Å². The summed E-state index contributed by atoms with van der Waals surface area (Å²) in [6, 6.07) is 0.436. The van der Waals surface area contributed by atoms with Gasteiger partial charge in [0.25, 0.3) is 0 Å². The summed E-state index contributed by atoms with van der Waals surface area (Å²) in [5.41, 5.74) is 2.31. The van der Waals surface area contributed by atoms with Crippen LogP contribution in [-0.4, -0.2) is 64.9 Å². The molecule has 0 bridgehead atoms. The number of hydrogen-bond acceptors (Lipinski definition) is 4. The standard InChI is InChI=1S/C16H27N5O/c1-12-14(19-11-18-12)10-20-7-5-15-13(9-20)3-4-16(22)21(15)8-6-17-2/h11,13,15,17H,3-10H2,1-2H3,(H,18,19). The van der Waals surface area contributed by atoms with Gasteiger partial charge in [0.05, 0.1) is 12.0 Å². The molecular formula is C16H27N5O. The summed E-state index contributed by atoms with van der Waals surface area (Å²) in [5.74, 6) is 0.954. The Morgan fingerprint density at radius 1 is 1.45 bits per heavy atom. The molecule has 0 aromatic carbocycles. The van der Waals surface area contributed by atoms with Gasteiger partial charge in [-0.05, 0) is 32.7 Å². The number of likely N-dealkylation sites (N-methyl/N-ethyl adjacent to an activating group) is 1. The van der Waals surface area contributed by atoms with Crippen molar-refractivity contribution in [3.05, 3.63) is 17.7 Å². The molecule has 0 radical (unpaired) electrons. The number of hydrogen-bond donors (Lipinski definition) is 2. The van der Waals surface area contributed by atoms with E-state index >= 15 is 0 Å². The second-order valence-corrected chi connectivity index (χ2v) is 6.55. The van der Waals surface area contributed by atoms with Gasteiger partial charge in [0.1, 0.15) is 0 Å². The fraction of sp³-hybridized carbons (Fsp3) is 0.750. The summed E-state index contributed by atoms with van der Waals surface area (Å²) in [5, 5.41) is 3.16. The van der Waals surface area contributed by atoms with Crippen molar-refractivity contribution in [2.75, 3.05) is 33.2 Å². The Morgan fingerprint density at radius 3 is 3.05 bits per heavy atom. The minimum absolute atomic E-state index is 0.341. The van der Waals surface area contributed by atoms with Crippen LogP contribution in [0.4, 0.5) is 0 Å². The monoisotopic (exact) mass is 305 g/mol. The Kier molecular flexibility index (Phi) is 4.78. The molecule has 0 spiro atoms. The highest BCUT2D eigenvalue weighted by molar-refractivity contribution is 5.77. The van der Waals surface area contributed by atoms with E-state index in [0.717, 1.165) is 57.0 Å². The first-order chi connectivity index (χ1) is 10.7. The molecule has 2 N–H and O–H groups in total. The number of amides is 1. The van der Waals surface area contributed by atoms with E-state index in [1.807, 2.05) is 7.05 Å². The molecular weight excluding hydrogens is 278 g/mol. The number of carbonyl (C=O) groups is 1. The average Bonchev–Trinajstić information content (AvgIpc) is 2.91. The molecule has 3 rings (SSSR count). The number of H-pyrrole nitrogens is 1. The maximum Gasteiger partial charge on any atom is 0.222 e. The van der Waals surface area contributed by atoms with Crippen molar-refractivity contribution in [2.45, 2.75) is 38.8 Å². The molecule has 1 aromatic rings. The van der Waals surface area contributed by atoms with Crippen LogP contribution in [0, 0.1) is 12.8 Å². The molecule has 0 saturated carbocycles. The predicted molar refractivity (Wildman–Crippen MR) is 85.4 cm³/mol. The van der Waals surface area contributed by atoms with Crippen molar-refractivity contribution in [1.29, 1.82) is 0 Å². The zero-order valence-electron chi connectivity index (χ0n) is 13.6. The number of aromatic amines is 1. The van der Waals surface area contributed by atoms with Gasteiger partial charge in [-0.2, -0.15) is 0 Å². The first kappa shape index (κ1) is 15.5. The number of aryl methyl sites for hydroxylation is 1. The Bertz CT molecular complexity index is 514. The molecule has 2 fully saturated rings. The topological polar surface area (TPSA) is 64.3 Å². The number of aromatic nitrogens is 2. The quantitative estimate of drug-likeness (QED) is 0.843. The van der Waals surface area contributed by atoms with Crippen LogP contribution in [0.2, 0.25) is 0 Å². The van der Waals surface area contributed by atoms with Gasteiger partial charge in [0.2, 0.25) is 5.91 Å². The Morgan fingerprint density at radius 2 is 2.32 bits per heavy atom. The lowest BCUT2D eigenvalue weighted by atomic mass is 9.83. The van der Waals surface area contributed by atoms with Crippen LogP contribution in [0.5, 0.6) is 0 Å². The van der Waals surface area contributed by atoms with Crippen LogP contribution in [0.25, 0.3) is 0 Å². The number of nitrogens with zero attached hydrogens (tertiary/aromatic N) is 3. The molecule has 2 saturated heterocycles. The van der Waals surface area contributed by atoms with Gasteiger partial charge in [0.15, 0.2) is 0 Å². The molecule has 2 atom stereocenters. The second-order valence-electron chi connectivity index (χ2n) is 6.55. The second kappa shape index (κ2) is 6.79. The first-order valence-corrected chi connectivity index (χ1v) is 8.34. The lowest BCUT2D eigenvalue weighted by Crippen LogP contribution is -2.56. The van der Waals surface area contributed by atoms with Gasteiger partial charge in [0, 0.05) is 50.9 Å². The van der Waals surface area contributed by atoms with Gasteiger partial charge >= 0.3 is 0 Å². The van der Waals surface area contributed by atoms with E-state index in [4.69, 9.17) is 0 Å². The molecule has 2 aliphatic heterocycles. The highest BCUT2D eigenvalue weighted by Gasteiger charge is 2.38. The predicted octanol–water partition coefficient (Wildman–Crippen LogP) is 0.750. The van der Waals surface area contributed by atoms with Gasteiger partial charge in [-0.25, -0.2) is 4.98 Å². The van der Waals surface area contributed by atoms with E-state index in [0.29, 0.717) is 24.3 Å². The Hall–Kier alpha value is -1.40. The van der Waals surface area contributed by atoms with E-state index in [2.05, 4.69) is 32.0 Å². The van der Waals surface area contributed by atoms with Crippen LogP contribution < -0.4 is 5.32 Å². The summed E-state index contributed by atoms with van der Waals surface area (Å²) in [4.78, 5) is 24.4. The largest absolute Gasteiger partial charge is 0.348 e. The molecule has 1 aromatic heterocycles. The summed E-state index contributed by atoms with van der Waals surface area (Å²) < 4.78 is 0. The maximum absolute atomic E-state index is 12.2. The third-order valence-electron chi connectivity index (χ3n) is 5.14. The van der Waals surface area contributed by atoms with Crippen LogP contribution >= 0.6 is 0 Å². The van der Waals surface area contributed by atoms with E-state index in [1.54, 1.807) is 6.33 Å². The SMILES string of the molecule is CNCCN1C(=O)CCC2CN(Cc3nc[nH]c3C)CCC21. The van der Waals surface area contributed by atoms with Crippen molar-refractivity contribution >= 4 is 5.91 Å². The molecule has 2 unspecified atom stereocenters. The van der Waals surface area contributed by atoms with Gasteiger partial charge in [-0.1, -0.05) is 0 Å². The fourth-order valence-corrected chi connectivity index (χ4v) is 3.85. The van der Waals surface area contributed by atoms with E-state index in [9.17, 15) is 4.79 Å².